The second-order valence-corrected chi connectivity index (χ2v) is 4.45. The Bertz CT molecular complexity index is 355. The van der Waals surface area contributed by atoms with Gasteiger partial charge in [-0.05, 0) is 26.2 Å². The summed E-state index contributed by atoms with van der Waals surface area (Å²) >= 11 is 0. The Kier molecular flexibility index (Phi) is 2.16. The lowest BCUT2D eigenvalue weighted by atomic mass is 10.0. The molecule has 4 nitrogen and oxygen atoms in total. The third-order valence-electron chi connectivity index (χ3n) is 3.33. The van der Waals surface area contributed by atoms with Gasteiger partial charge in [0.15, 0.2) is 0 Å². The number of anilines is 1. The first-order valence-electron chi connectivity index (χ1n) is 5.75. The summed E-state index contributed by atoms with van der Waals surface area (Å²) in [6, 6.07) is 0.491. The van der Waals surface area contributed by atoms with E-state index in [-0.39, 0.29) is 0 Å². The largest absolute Gasteiger partial charge is 0.376 e. The lowest BCUT2D eigenvalue weighted by Crippen LogP contribution is -2.30. The molecule has 2 atom stereocenters. The molecule has 1 saturated heterocycles. The third kappa shape index (κ3) is 1.53. The predicted molar refractivity (Wildman–Crippen MR) is 58.1 cm³/mol. The van der Waals surface area contributed by atoms with Crippen molar-refractivity contribution in [2.75, 3.05) is 18.5 Å². The Morgan fingerprint density at radius 2 is 2.47 bits per heavy atom. The van der Waals surface area contributed by atoms with E-state index < -0.39 is 0 Å². The monoisotopic (exact) mass is 207 g/mol. The van der Waals surface area contributed by atoms with Crippen LogP contribution in [0.15, 0.2) is 6.20 Å². The van der Waals surface area contributed by atoms with E-state index in [0.29, 0.717) is 12.1 Å². The van der Waals surface area contributed by atoms with Crippen LogP contribution < -0.4 is 5.32 Å². The summed E-state index contributed by atoms with van der Waals surface area (Å²) in [7, 11) is 0. The summed E-state index contributed by atoms with van der Waals surface area (Å²) in [5.74, 6) is 1.01. The highest BCUT2D eigenvalue weighted by Crippen LogP contribution is 2.32. The van der Waals surface area contributed by atoms with Gasteiger partial charge in [0.05, 0.1) is 17.8 Å². The van der Waals surface area contributed by atoms with Crippen LogP contribution >= 0.6 is 0 Å². The first-order chi connectivity index (χ1) is 7.34. The van der Waals surface area contributed by atoms with Gasteiger partial charge >= 0.3 is 0 Å². The van der Waals surface area contributed by atoms with Crippen molar-refractivity contribution in [3.8, 4) is 0 Å². The molecule has 0 bridgehead atoms. The van der Waals surface area contributed by atoms with Gasteiger partial charge in [-0.1, -0.05) is 0 Å². The Morgan fingerprint density at radius 1 is 1.53 bits per heavy atom. The van der Waals surface area contributed by atoms with E-state index in [1.165, 1.54) is 12.8 Å². The van der Waals surface area contributed by atoms with Crippen molar-refractivity contribution in [3.05, 3.63) is 11.9 Å². The molecule has 0 radical (unpaired) electrons. The molecule has 1 aromatic heterocycles. The quantitative estimate of drug-likeness (QED) is 0.762. The van der Waals surface area contributed by atoms with Crippen LogP contribution in [0.1, 0.15) is 31.0 Å². The number of rotatable bonds is 1. The van der Waals surface area contributed by atoms with E-state index in [4.69, 9.17) is 4.74 Å². The maximum Gasteiger partial charge on any atom is 0.203 e. The maximum absolute atomic E-state index is 5.78. The first kappa shape index (κ1) is 9.21. The van der Waals surface area contributed by atoms with Gasteiger partial charge in [-0.25, -0.2) is 4.98 Å². The molecule has 0 aliphatic carbocycles. The van der Waals surface area contributed by atoms with Gasteiger partial charge < -0.3 is 14.6 Å². The summed E-state index contributed by atoms with van der Waals surface area (Å²) < 4.78 is 8.04. The van der Waals surface area contributed by atoms with Crippen LogP contribution in [0.5, 0.6) is 0 Å². The van der Waals surface area contributed by atoms with Crippen LogP contribution in [-0.2, 0) is 4.74 Å². The van der Waals surface area contributed by atoms with Gasteiger partial charge in [0.1, 0.15) is 0 Å². The zero-order valence-electron chi connectivity index (χ0n) is 9.07. The van der Waals surface area contributed by atoms with Gasteiger partial charge in [-0.3, -0.25) is 0 Å². The molecule has 0 amide bonds. The second-order valence-electron chi connectivity index (χ2n) is 4.45. The molecule has 0 aromatic carbocycles. The summed E-state index contributed by atoms with van der Waals surface area (Å²) in [5.41, 5.74) is 1.09. The number of hydrogen-bond donors (Lipinski definition) is 1. The summed E-state index contributed by atoms with van der Waals surface area (Å²) in [6.07, 6.45) is 6.08. The van der Waals surface area contributed by atoms with Crippen LogP contribution in [0.25, 0.3) is 0 Å². The molecule has 1 N–H and O–H groups in total. The Balaban J connectivity index is 1.90. The van der Waals surface area contributed by atoms with E-state index in [1.807, 2.05) is 6.92 Å². The van der Waals surface area contributed by atoms with Crippen LogP contribution in [0.2, 0.25) is 0 Å². The standard InChI is InChI=1S/C11H17N3O/c1-8-7-14-9(10-3-2-6-15-10)4-5-12-11(14)13-8/h7,9-10H,2-6H2,1H3,(H,12,13). The zero-order valence-corrected chi connectivity index (χ0v) is 9.07. The highest BCUT2D eigenvalue weighted by molar-refractivity contribution is 5.32. The Morgan fingerprint density at radius 3 is 3.27 bits per heavy atom. The average molecular weight is 207 g/mol. The molecule has 4 heteroatoms. The summed E-state index contributed by atoms with van der Waals surface area (Å²) in [4.78, 5) is 4.47. The molecular formula is C11H17N3O. The van der Waals surface area contributed by atoms with Crippen molar-refractivity contribution in [1.29, 1.82) is 0 Å². The number of fused-ring (bicyclic) bond motifs is 1. The van der Waals surface area contributed by atoms with Crippen molar-refractivity contribution >= 4 is 5.95 Å². The van der Waals surface area contributed by atoms with E-state index >= 15 is 0 Å². The number of ether oxygens (including phenoxy) is 1. The lowest BCUT2D eigenvalue weighted by molar-refractivity contribution is 0.0636. The molecule has 3 heterocycles. The number of imidazole rings is 1. The molecule has 1 fully saturated rings. The van der Waals surface area contributed by atoms with Crippen molar-refractivity contribution in [3.63, 3.8) is 0 Å². The minimum atomic E-state index is 0.402. The summed E-state index contributed by atoms with van der Waals surface area (Å²) in [5, 5.41) is 3.33. The fraction of sp³-hybridized carbons (Fsp3) is 0.727. The second kappa shape index (κ2) is 3.52. The molecule has 3 rings (SSSR count). The maximum atomic E-state index is 5.78. The number of nitrogens with one attached hydrogen (secondary N) is 1. The predicted octanol–water partition coefficient (Wildman–Crippen LogP) is 1.73. The van der Waals surface area contributed by atoms with Crippen LogP contribution in [0.3, 0.4) is 0 Å². The highest BCUT2D eigenvalue weighted by Gasteiger charge is 2.30. The summed E-state index contributed by atoms with van der Waals surface area (Å²) in [6.45, 7) is 3.98. The van der Waals surface area contributed by atoms with Gasteiger partial charge in [0, 0.05) is 19.3 Å². The molecule has 0 spiro atoms. The Hall–Kier alpha value is -1.03. The van der Waals surface area contributed by atoms with Gasteiger partial charge in [0.2, 0.25) is 5.95 Å². The molecule has 1 aromatic rings. The number of aromatic nitrogens is 2. The zero-order chi connectivity index (χ0) is 10.3. The van der Waals surface area contributed by atoms with Crippen molar-refractivity contribution in [2.24, 2.45) is 0 Å². The fourth-order valence-electron chi connectivity index (χ4n) is 2.64. The fourth-order valence-corrected chi connectivity index (χ4v) is 2.64. The van der Waals surface area contributed by atoms with E-state index in [2.05, 4.69) is 21.1 Å². The lowest BCUT2D eigenvalue weighted by Gasteiger charge is -2.29. The molecule has 2 aliphatic heterocycles. The molecular weight excluding hydrogens is 190 g/mol. The average Bonchev–Trinajstić information content (AvgIpc) is 2.82. The SMILES string of the molecule is Cc1cn2c(n1)NCCC2C1CCCO1. The Labute approximate surface area is 89.6 Å². The van der Waals surface area contributed by atoms with Gasteiger partial charge in [0.25, 0.3) is 0 Å². The normalized spacial score (nSPS) is 29.9. The van der Waals surface area contributed by atoms with E-state index in [1.54, 1.807) is 0 Å². The molecule has 0 saturated carbocycles. The van der Waals surface area contributed by atoms with Crippen molar-refractivity contribution < 1.29 is 4.74 Å². The third-order valence-corrected chi connectivity index (χ3v) is 3.33. The van der Waals surface area contributed by atoms with Crippen molar-refractivity contribution in [1.82, 2.24) is 9.55 Å². The van der Waals surface area contributed by atoms with E-state index in [9.17, 15) is 0 Å². The molecule has 2 unspecified atom stereocenters. The smallest absolute Gasteiger partial charge is 0.203 e. The minimum Gasteiger partial charge on any atom is -0.376 e. The minimum absolute atomic E-state index is 0.402. The molecule has 15 heavy (non-hydrogen) atoms. The van der Waals surface area contributed by atoms with Crippen LogP contribution in [0.4, 0.5) is 5.95 Å². The number of aryl methyl sites for hydroxylation is 1. The molecule has 2 aliphatic rings. The van der Waals surface area contributed by atoms with Crippen molar-refractivity contribution in [2.45, 2.75) is 38.3 Å². The number of hydrogen-bond acceptors (Lipinski definition) is 3. The first-order valence-corrected chi connectivity index (χ1v) is 5.75. The van der Waals surface area contributed by atoms with Gasteiger partial charge in [-0.15, -0.1) is 0 Å². The van der Waals surface area contributed by atoms with Crippen LogP contribution in [-0.4, -0.2) is 28.8 Å². The topological polar surface area (TPSA) is 39.1 Å². The van der Waals surface area contributed by atoms with E-state index in [0.717, 1.165) is 31.2 Å². The van der Waals surface area contributed by atoms with Crippen LogP contribution in [0, 0.1) is 6.92 Å². The van der Waals surface area contributed by atoms with Gasteiger partial charge in [-0.2, -0.15) is 0 Å². The number of nitrogens with zero attached hydrogens (tertiary/aromatic N) is 2. The highest BCUT2D eigenvalue weighted by atomic mass is 16.5. The molecule has 82 valence electrons.